The number of carbonyl (C=O) groups is 2. The van der Waals surface area contributed by atoms with E-state index in [1.807, 2.05) is 7.05 Å². The fraction of sp³-hybridized carbons (Fsp3) is 0.529. The van der Waals surface area contributed by atoms with Gasteiger partial charge in [0.05, 0.1) is 5.56 Å². The van der Waals surface area contributed by atoms with Crippen molar-refractivity contribution < 1.29 is 22.8 Å². The van der Waals surface area contributed by atoms with E-state index in [1.54, 1.807) is 4.90 Å². The Bertz CT molecular complexity index is 661. The lowest BCUT2D eigenvalue weighted by Gasteiger charge is -2.34. The van der Waals surface area contributed by atoms with E-state index in [1.165, 1.54) is 12.1 Å². The number of alkyl halides is 3. The number of piperazine rings is 1. The van der Waals surface area contributed by atoms with Crippen LogP contribution in [0, 0.1) is 5.41 Å². The van der Waals surface area contributed by atoms with E-state index in [0.29, 0.717) is 25.9 Å². The predicted molar refractivity (Wildman–Crippen MR) is 85.8 cm³/mol. The summed E-state index contributed by atoms with van der Waals surface area (Å²) in [5, 5.41) is 2.59. The van der Waals surface area contributed by atoms with Crippen molar-refractivity contribution in [3.63, 3.8) is 0 Å². The molecule has 3 rings (SSSR count). The number of amides is 2. The molecule has 2 amide bonds. The molecule has 8 heteroatoms. The van der Waals surface area contributed by atoms with Gasteiger partial charge in [0.1, 0.15) is 5.41 Å². The molecule has 1 heterocycles. The number of carbonyl (C=O) groups excluding carboxylic acids is 2. The summed E-state index contributed by atoms with van der Waals surface area (Å²) in [6, 6.07) is 4.24. The largest absolute Gasteiger partial charge is 0.416 e. The van der Waals surface area contributed by atoms with E-state index in [2.05, 4.69) is 10.2 Å². The zero-order chi connectivity index (χ0) is 18.2. The van der Waals surface area contributed by atoms with E-state index < -0.39 is 23.1 Å². The van der Waals surface area contributed by atoms with Crippen molar-refractivity contribution >= 4 is 17.5 Å². The summed E-state index contributed by atoms with van der Waals surface area (Å²) in [6.45, 7) is 2.71. The van der Waals surface area contributed by atoms with E-state index in [4.69, 9.17) is 0 Å². The van der Waals surface area contributed by atoms with Crippen LogP contribution < -0.4 is 5.32 Å². The van der Waals surface area contributed by atoms with Gasteiger partial charge in [-0.15, -0.1) is 0 Å². The SMILES string of the molecule is CN1CCN(C(=O)C2(C(=O)Nc3ccc(C(F)(F)F)cc3)CC2)CC1. The summed E-state index contributed by atoms with van der Waals surface area (Å²) in [7, 11) is 1.98. The standard InChI is InChI=1S/C17H20F3N3O2/c1-22-8-10-23(11-9-22)15(25)16(6-7-16)14(24)21-13-4-2-12(3-5-13)17(18,19)20/h2-5H,6-11H2,1H3,(H,21,24). The molecule has 5 nitrogen and oxygen atoms in total. The zero-order valence-electron chi connectivity index (χ0n) is 13.9. The number of rotatable bonds is 3. The molecule has 0 spiro atoms. The van der Waals surface area contributed by atoms with Gasteiger partial charge in [-0.3, -0.25) is 9.59 Å². The summed E-state index contributed by atoms with van der Waals surface area (Å²) in [5.41, 5.74) is -1.57. The first-order valence-electron chi connectivity index (χ1n) is 8.19. The summed E-state index contributed by atoms with van der Waals surface area (Å²) < 4.78 is 37.7. The van der Waals surface area contributed by atoms with Crippen LogP contribution in [-0.4, -0.2) is 54.8 Å². The minimum Gasteiger partial charge on any atom is -0.339 e. The number of hydrogen-bond donors (Lipinski definition) is 1. The quantitative estimate of drug-likeness (QED) is 0.846. The normalized spacial score (nSPS) is 20.2. The van der Waals surface area contributed by atoms with Crippen LogP contribution in [0.5, 0.6) is 0 Å². The van der Waals surface area contributed by atoms with Gasteiger partial charge in [0.15, 0.2) is 0 Å². The van der Waals surface area contributed by atoms with Gasteiger partial charge in [0, 0.05) is 31.9 Å². The Morgan fingerprint density at radius 3 is 2.08 bits per heavy atom. The van der Waals surface area contributed by atoms with Crippen LogP contribution in [-0.2, 0) is 15.8 Å². The molecule has 0 aromatic heterocycles. The number of halogens is 3. The van der Waals surface area contributed by atoms with Crippen LogP contribution in [0.4, 0.5) is 18.9 Å². The Hall–Kier alpha value is -2.09. The highest BCUT2D eigenvalue weighted by Gasteiger charge is 2.58. The third-order valence-corrected chi connectivity index (χ3v) is 4.85. The molecule has 1 aliphatic heterocycles. The molecular weight excluding hydrogens is 335 g/mol. The van der Waals surface area contributed by atoms with Crippen LogP contribution in [0.25, 0.3) is 0 Å². The summed E-state index contributed by atoms with van der Waals surface area (Å²) in [5.74, 6) is -0.610. The Morgan fingerprint density at radius 2 is 1.60 bits per heavy atom. The van der Waals surface area contributed by atoms with Crippen LogP contribution >= 0.6 is 0 Å². The predicted octanol–water partition coefficient (Wildman–Crippen LogP) is 2.20. The van der Waals surface area contributed by atoms with Gasteiger partial charge in [0.25, 0.3) is 0 Å². The summed E-state index contributed by atoms with van der Waals surface area (Å²) >= 11 is 0. The molecule has 1 saturated heterocycles. The number of likely N-dealkylation sites (N-methyl/N-ethyl adjacent to an activating group) is 1. The van der Waals surface area contributed by atoms with Crippen molar-refractivity contribution in [2.75, 3.05) is 38.5 Å². The van der Waals surface area contributed by atoms with Gasteiger partial charge in [-0.25, -0.2) is 0 Å². The molecule has 1 saturated carbocycles. The summed E-state index contributed by atoms with van der Waals surface area (Å²) in [6.07, 6.45) is -3.47. The maximum atomic E-state index is 12.7. The van der Waals surface area contributed by atoms with Crippen LogP contribution in [0.3, 0.4) is 0 Å². The minimum atomic E-state index is -4.42. The van der Waals surface area contributed by atoms with Crippen molar-refractivity contribution in [1.82, 2.24) is 9.80 Å². The molecule has 1 N–H and O–H groups in total. The van der Waals surface area contributed by atoms with Gasteiger partial charge in [-0.1, -0.05) is 0 Å². The smallest absolute Gasteiger partial charge is 0.339 e. The Kier molecular flexibility index (Phi) is 4.49. The van der Waals surface area contributed by atoms with Gasteiger partial charge < -0.3 is 15.1 Å². The van der Waals surface area contributed by atoms with Crippen LogP contribution in [0.1, 0.15) is 18.4 Å². The fourth-order valence-electron chi connectivity index (χ4n) is 2.97. The van der Waals surface area contributed by atoms with Crippen molar-refractivity contribution in [2.24, 2.45) is 5.41 Å². The lowest BCUT2D eigenvalue weighted by Crippen LogP contribution is -2.51. The van der Waals surface area contributed by atoms with Crippen LogP contribution in [0.2, 0.25) is 0 Å². The Morgan fingerprint density at radius 1 is 1.04 bits per heavy atom. The molecule has 0 unspecified atom stereocenters. The fourth-order valence-corrected chi connectivity index (χ4v) is 2.97. The molecule has 1 aromatic rings. The summed E-state index contributed by atoms with van der Waals surface area (Å²) in [4.78, 5) is 29.1. The number of nitrogens with zero attached hydrogens (tertiary/aromatic N) is 2. The minimum absolute atomic E-state index is 0.176. The Balaban J connectivity index is 1.65. The third kappa shape index (κ3) is 3.63. The first-order valence-corrected chi connectivity index (χ1v) is 8.19. The highest BCUT2D eigenvalue weighted by molar-refractivity contribution is 6.13. The van der Waals surface area contributed by atoms with E-state index >= 15 is 0 Å². The molecule has 0 radical (unpaired) electrons. The second-order valence-electron chi connectivity index (χ2n) is 6.71. The van der Waals surface area contributed by atoms with Gasteiger partial charge in [-0.2, -0.15) is 13.2 Å². The van der Waals surface area contributed by atoms with Gasteiger partial charge in [0.2, 0.25) is 11.8 Å². The average molecular weight is 355 g/mol. The van der Waals surface area contributed by atoms with Gasteiger partial charge in [-0.05, 0) is 44.2 Å². The molecule has 1 aliphatic carbocycles. The lowest BCUT2D eigenvalue weighted by atomic mass is 10.0. The second kappa shape index (κ2) is 6.33. The second-order valence-corrected chi connectivity index (χ2v) is 6.71. The van der Waals surface area contributed by atoms with Crippen LogP contribution in [0.15, 0.2) is 24.3 Å². The molecular formula is C17H20F3N3O2. The van der Waals surface area contributed by atoms with Crippen molar-refractivity contribution in [2.45, 2.75) is 19.0 Å². The zero-order valence-corrected chi connectivity index (χ0v) is 13.9. The average Bonchev–Trinajstić information content (AvgIpc) is 3.36. The van der Waals surface area contributed by atoms with E-state index in [-0.39, 0.29) is 11.6 Å². The van der Waals surface area contributed by atoms with Crippen molar-refractivity contribution in [3.8, 4) is 0 Å². The Labute approximate surface area is 143 Å². The van der Waals surface area contributed by atoms with Crippen molar-refractivity contribution in [3.05, 3.63) is 29.8 Å². The maximum Gasteiger partial charge on any atom is 0.416 e. The molecule has 0 atom stereocenters. The highest BCUT2D eigenvalue weighted by atomic mass is 19.4. The molecule has 1 aromatic carbocycles. The molecule has 2 fully saturated rings. The molecule has 2 aliphatic rings. The first kappa shape index (κ1) is 17.7. The van der Waals surface area contributed by atoms with Gasteiger partial charge >= 0.3 is 6.18 Å². The highest BCUT2D eigenvalue weighted by Crippen LogP contribution is 2.48. The van der Waals surface area contributed by atoms with Crippen molar-refractivity contribution in [1.29, 1.82) is 0 Å². The molecule has 0 bridgehead atoms. The maximum absolute atomic E-state index is 12.7. The lowest BCUT2D eigenvalue weighted by molar-refractivity contribution is -0.143. The monoisotopic (exact) mass is 355 g/mol. The van der Waals surface area contributed by atoms with E-state index in [9.17, 15) is 22.8 Å². The topological polar surface area (TPSA) is 52.7 Å². The third-order valence-electron chi connectivity index (χ3n) is 4.85. The van der Waals surface area contributed by atoms with E-state index in [0.717, 1.165) is 25.2 Å². The molecule has 136 valence electrons. The number of hydrogen-bond acceptors (Lipinski definition) is 3. The molecule has 25 heavy (non-hydrogen) atoms. The number of anilines is 1. The number of benzene rings is 1. The first-order chi connectivity index (χ1) is 11.7. The number of nitrogens with one attached hydrogen (secondary N) is 1.